The van der Waals surface area contributed by atoms with Gasteiger partial charge in [-0.15, -0.1) is 0 Å². The van der Waals surface area contributed by atoms with Crippen molar-refractivity contribution in [1.82, 2.24) is 0 Å². The van der Waals surface area contributed by atoms with Crippen molar-refractivity contribution in [2.75, 3.05) is 23.3 Å². The molecule has 5 heteroatoms. The van der Waals surface area contributed by atoms with Crippen LogP contribution < -0.4 is 10.2 Å². The van der Waals surface area contributed by atoms with Gasteiger partial charge in [0.1, 0.15) is 0 Å². The lowest BCUT2D eigenvalue weighted by atomic mass is 10.1. The van der Waals surface area contributed by atoms with Crippen molar-refractivity contribution in [3.05, 3.63) is 59.7 Å². The van der Waals surface area contributed by atoms with Crippen molar-refractivity contribution < 1.29 is 14.7 Å². The number of hydrogen-bond acceptors (Lipinski definition) is 3. The zero-order chi connectivity index (χ0) is 16.8. The first-order valence-electron chi connectivity index (χ1n) is 7.55. The molecule has 0 heterocycles. The zero-order valence-electron chi connectivity index (χ0n) is 13.2. The summed E-state index contributed by atoms with van der Waals surface area (Å²) in [5, 5.41) is 12.2. The fourth-order valence-electron chi connectivity index (χ4n) is 2.42. The van der Waals surface area contributed by atoms with Crippen LogP contribution in [0.4, 0.5) is 11.4 Å². The molecule has 0 unspecified atom stereocenters. The minimum atomic E-state index is -1.01. The standard InChI is InChI=1S/C18H20N2O3/c1-3-20(4-2)16-11-10-14(12-15(16)18(22)23)19-17(21)13-8-6-5-7-9-13/h5-12H,3-4H2,1-2H3,(H,19,21)(H,22,23). The van der Waals surface area contributed by atoms with Gasteiger partial charge in [0.15, 0.2) is 0 Å². The number of benzene rings is 2. The third kappa shape index (κ3) is 3.88. The monoisotopic (exact) mass is 312 g/mol. The minimum absolute atomic E-state index is 0.180. The van der Waals surface area contributed by atoms with Crippen molar-refractivity contribution in [2.45, 2.75) is 13.8 Å². The molecule has 0 aliphatic rings. The van der Waals surface area contributed by atoms with Gasteiger partial charge >= 0.3 is 5.97 Å². The molecule has 23 heavy (non-hydrogen) atoms. The number of carboxylic acids is 1. The molecule has 0 spiro atoms. The number of carboxylic acid groups (broad SMARTS) is 1. The van der Waals surface area contributed by atoms with Gasteiger partial charge in [0.2, 0.25) is 0 Å². The first kappa shape index (κ1) is 16.5. The molecule has 120 valence electrons. The van der Waals surface area contributed by atoms with Crippen molar-refractivity contribution in [1.29, 1.82) is 0 Å². The summed E-state index contributed by atoms with van der Waals surface area (Å²) in [4.78, 5) is 25.6. The van der Waals surface area contributed by atoms with Crippen molar-refractivity contribution >= 4 is 23.3 Å². The first-order valence-corrected chi connectivity index (χ1v) is 7.55. The molecule has 0 aliphatic heterocycles. The summed E-state index contributed by atoms with van der Waals surface area (Å²) in [5.74, 6) is -1.28. The second-order valence-corrected chi connectivity index (χ2v) is 5.03. The molecule has 2 aromatic carbocycles. The van der Waals surface area contributed by atoms with E-state index >= 15 is 0 Å². The summed E-state index contributed by atoms with van der Waals surface area (Å²) < 4.78 is 0. The molecule has 2 aromatic rings. The van der Waals surface area contributed by atoms with Crippen LogP contribution in [0, 0.1) is 0 Å². The molecule has 1 amide bonds. The van der Waals surface area contributed by atoms with Crippen LogP contribution in [-0.2, 0) is 0 Å². The Kier molecular flexibility index (Phi) is 5.36. The van der Waals surface area contributed by atoms with Crippen LogP contribution in [0.2, 0.25) is 0 Å². The van der Waals surface area contributed by atoms with Gasteiger partial charge in [0.05, 0.1) is 11.3 Å². The highest BCUT2D eigenvalue weighted by molar-refractivity contribution is 6.05. The molecule has 0 aromatic heterocycles. The van der Waals surface area contributed by atoms with E-state index in [1.165, 1.54) is 6.07 Å². The molecule has 5 nitrogen and oxygen atoms in total. The number of nitrogens with one attached hydrogen (secondary N) is 1. The summed E-state index contributed by atoms with van der Waals surface area (Å²) in [6.07, 6.45) is 0. The molecule has 0 saturated carbocycles. The van der Waals surface area contributed by atoms with Gasteiger partial charge in [-0.1, -0.05) is 18.2 Å². The topological polar surface area (TPSA) is 69.6 Å². The normalized spacial score (nSPS) is 10.2. The average molecular weight is 312 g/mol. The number of amides is 1. The van der Waals surface area contributed by atoms with Gasteiger partial charge in [-0.3, -0.25) is 4.79 Å². The van der Waals surface area contributed by atoms with E-state index in [1.54, 1.807) is 36.4 Å². The number of aromatic carboxylic acids is 1. The number of anilines is 2. The molecular formula is C18H20N2O3. The van der Waals surface area contributed by atoms with E-state index in [1.807, 2.05) is 24.8 Å². The van der Waals surface area contributed by atoms with Crippen molar-refractivity contribution in [2.24, 2.45) is 0 Å². The molecule has 0 saturated heterocycles. The summed E-state index contributed by atoms with van der Waals surface area (Å²) in [6.45, 7) is 5.37. The second kappa shape index (κ2) is 7.45. The largest absolute Gasteiger partial charge is 0.478 e. The SMILES string of the molecule is CCN(CC)c1ccc(NC(=O)c2ccccc2)cc1C(=O)O. The Morgan fingerprint density at radius 3 is 2.26 bits per heavy atom. The summed E-state index contributed by atoms with van der Waals surface area (Å²) in [5.41, 5.74) is 1.82. The summed E-state index contributed by atoms with van der Waals surface area (Å²) in [6, 6.07) is 13.8. The van der Waals surface area contributed by atoms with Crippen LogP contribution in [0.3, 0.4) is 0 Å². The van der Waals surface area contributed by atoms with Crippen LogP contribution in [0.1, 0.15) is 34.6 Å². The number of hydrogen-bond donors (Lipinski definition) is 2. The highest BCUT2D eigenvalue weighted by Gasteiger charge is 2.16. The Morgan fingerprint density at radius 1 is 1.04 bits per heavy atom. The maximum atomic E-state index is 12.2. The lowest BCUT2D eigenvalue weighted by Crippen LogP contribution is -2.24. The van der Waals surface area contributed by atoms with Gasteiger partial charge < -0.3 is 15.3 Å². The van der Waals surface area contributed by atoms with E-state index in [0.717, 1.165) is 0 Å². The molecule has 2 N–H and O–H groups in total. The molecular weight excluding hydrogens is 292 g/mol. The average Bonchev–Trinajstić information content (AvgIpc) is 2.57. The van der Waals surface area contributed by atoms with Gasteiger partial charge in [0, 0.05) is 24.3 Å². The Balaban J connectivity index is 2.29. The van der Waals surface area contributed by atoms with E-state index < -0.39 is 5.97 Å². The maximum Gasteiger partial charge on any atom is 0.337 e. The fourth-order valence-corrected chi connectivity index (χ4v) is 2.42. The first-order chi connectivity index (χ1) is 11.1. The van der Waals surface area contributed by atoms with E-state index in [4.69, 9.17) is 0 Å². The third-order valence-corrected chi connectivity index (χ3v) is 3.62. The Morgan fingerprint density at radius 2 is 1.70 bits per heavy atom. The quantitative estimate of drug-likeness (QED) is 0.856. The molecule has 0 fully saturated rings. The fraction of sp³-hybridized carbons (Fsp3) is 0.222. The Bertz CT molecular complexity index is 695. The van der Waals surface area contributed by atoms with E-state index in [9.17, 15) is 14.7 Å². The predicted molar refractivity (Wildman–Crippen MR) is 91.4 cm³/mol. The van der Waals surface area contributed by atoms with Crippen LogP contribution in [0.15, 0.2) is 48.5 Å². The number of carbonyl (C=O) groups excluding carboxylic acids is 1. The smallest absolute Gasteiger partial charge is 0.337 e. The van der Waals surface area contributed by atoms with E-state index in [0.29, 0.717) is 30.0 Å². The zero-order valence-corrected chi connectivity index (χ0v) is 13.2. The van der Waals surface area contributed by atoms with Crippen LogP contribution in [-0.4, -0.2) is 30.1 Å². The molecule has 0 bridgehead atoms. The van der Waals surface area contributed by atoms with Gasteiger partial charge in [-0.2, -0.15) is 0 Å². The molecule has 0 atom stereocenters. The van der Waals surface area contributed by atoms with Crippen LogP contribution in [0.25, 0.3) is 0 Å². The maximum absolute atomic E-state index is 12.2. The molecule has 2 rings (SSSR count). The van der Waals surface area contributed by atoms with Crippen molar-refractivity contribution in [3.63, 3.8) is 0 Å². The third-order valence-electron chi connectivity index (χ3n) is 3.62. The minimum Gasteiger partial charge on any atom is -0.478 e. The van der Waals surface area contributed by atoms with Crippen molar-refractivity contribution in [3.8, 4) is 0 Å². The number of rotatable bonds is 6. The lowest BCUT2D eigenvalue weighted by Gasteiger charge is -2.23. The Labute approximate surface area is 135 Å². The van der Waals surface area contributed by atoms with Gasteiger partial charge in [-0.05, 0) is 44.2 Å². The lowest BCUT2D eigenvalue weighted by molar-refractivity contribution is 0.0697. The molecule has 0 radical (unpaired) electrons. The van der Waals surface area contributed by atoms with Gasteiger partial charge in [0.25, 0.3) is 5.91 Å². The number of carbonyl (C=O) groups is 2. The van der Waals surface area contributed by atoms with Crippen LogP contribution in [0.5, 0.6) is 0 Å². The van der Waals surface area contributed by atoms with E-state index in [2.05, 4.69) is 5.32 Å². The van der Waals surface area contributed by atoms with E-state index in [-0.39, 0.29) is 11.5 Å². The Hall–Kier alpha value is -2.82. The highest BCUT2D eigenvalue weighted by Crippen LogP contribution is 2.25. The molecule has 0 aliphatic carbocycles. The number of nitrogens with zero attached hydrogens (tertiary/aromatic N) is 1. The van der Waals surface area contributed by atoms with Crippen LogP contribution >= 0.6 is 0 Å². The van der Waals surface area contributed by atoms with Gasteiger partial charge in [-0.25, -0.2) is 4.79 Å². The summed E-state index contributed by atoms with van der Waals surface area (Å²) in [7, 11) is 0. The predicted octanol–water partition coefficient (Wildman–Crippen LogP) is 3.48. The summed E-state index contributed by atoms with van der Waals surface area (Å²) >= 11 is 0. The second-order valence-electron chi connectivity index (χ2n) is 5.03. The highest BCUT2D eigenvalue weighted by atomic mass is 16.4.